The zero-order valence-corrected chi connectivity index (χ0v) is 16.7. The Kier molecular flexibility index (Phi) is 5.22. The number of rotatable bonds is 5. The van der Waals surface area contributed by atoms with Crippen LogP contribution in [0.5, 0.6) is 0 Å². The van der Waals surface area contributed by atoms with E-state index in [4.69, 9.17) is 0 Å². The molecule has 2 amide bonds. The minimum Gasteiger partial charge on any atom is -0.365 e. The number of nitrogens with zero attached hydrogens (tertiary/aromatic N) is 4. The third kappa shape index (κ3) is 3.41. The van der Waals surface area contributed by atoms with Crippen molar-refractivity contribution in [3.63, 3.8) is 0 Å². The fourth-order valence-electron chi connectivity index (χ4n) is 3.95. The molecule has 0 radical (unpaired) electrons. The first kappa shape index (κ1) is 19.6. The van der Waals surface area contributed by atoms with Gasteiger partial charge in [0.15, 0.2) is 0 Å². The van der Waals surface area contributed by atoms with Crippen LogP contribution in [0.25, 0.3) is 0 Å². The van der Waals surface area contributed by atoms with Crippen LogP contribution in [-0.2, 0) is 9.59 Å². The first-order valence-electron chi connectivity index (χ1n) is 9.90. The van der Waals surface area contributed by atoms with Crippen LogP contribution in [0, 0.1) is 10.1 Å². The Morgan fingerprint density at radius 3 is 2.13 bits per heavy atom. The van der Waals surface area contributed by atoms with Gasteiger partial charge in [-0.25, -0.2) is 4.90 Å². The van der Waals surface area contributed by atoms with Gasteiger partial charge in [0.25, 0.3) is 17.5 Å². The molecule has 2 aromatic rings. The third-order valence-corrected chi connectivity index (χ3v) is 5.51. The molecular weight excluding hydrogens is 384 g/mol. The second-order valence-corrected chi connectivity index (χ2v) is 7.36. The largest absolute Gasteiger partial charge is 0.365 e. The average molecular weight is 406 g/mol. The van der Waals surface area contributed by atoms with Crippen molar-refractivity contribution in [2.24, 2.45) is 0 Å². The number of non-ortho nitro benzene ring substituents is 1. The van der Waals surface area contributed by atoms with Crippen molar-refractivity contribution >= 4 is 28.9 Å². The van der Waals surface area contributed by atoms with E-state index in [1.54, 1.807) is 11.9 Å². The lowest BCUT2D eigenvalue weighted by Crippen LogP contribution is -2.37. The number of carbonyl (C=O) groups is 2. The quantitative estimate of drug-likeness (QED) is 0.430. The van der Waals surface area contributed by atoms with Gasteiger partial charge in [0, 0.05) is 38.0 Å². The lowest BCUT2D eigenvalue weighted by Gasteiger charge is -2.30. The number of anilines is 2. The highest BCUT2D eigenvalue weighted by Gasteiger charge is 2.44. The van der Waals surface area contributed by atoms with E-state index in [0.717, 1.165) is 29.8 Å². The number of likely N-dealkylation sites (tertiary alicyclic amines) is 1. The number of nitro benzene ring substituents is 1. The molecule has 4 rings (SSSR count). The molecular formula is C22H22N4O4. The molecule has 0 spiro atoms. The number of nitro groups is 1. The van der Waals surface area contributed by atoms with E-state index in [0.29, 0.717) is 30.2 Å². The molecule has 30 heavy (non-hydrogen) atoms. The molecule has 0 N–H and O–H groups in total. The summed E-state index contributed by atoms with van der Waals surface area (Å²) in [6.07, 6.45) is 3.03. The van der Waals surface area contributed by atoms with Crippen LogP contribution in [0.3, 0.4) is 0 Å². The zero-order chi connectivity index (χ0) is 21.3. The molecule has 0 atom stereocenters. The maximum atomic E-state index is 13.4. The standard InChI is InChI=1S/C22H22N4O4/c1-23(16-8-4-2-5-9-16)19-20(24-14-6-3-7-15-24)22(28)25(21(19)27)17-10-12-18(13-11-17)26(29)30/h2,4-5,8-13H,3,6-7,14-15H2,1H3. The van der Waals surface area contributed by atoms with Crippen LogP contribution < -0.4 is 9.80 Å². The van der Waals surface area contributed by atoms with Crippen LogP contribution in [0.2, 0.25) is 0 Å². The molecule has 154 valence electrons. The van der Waals surface area contributed by atoms with Gasteiger partial charge in [0.05, 0.1) is 10.6 Å². The number of benzene rings is 2. The fourth-order valence-corrected chi connectivity index (χ4v) is 3.95. The molecule has 2 aliphatic heterocycles. The summed E-state index contributed by atoms with van der Waals surface area (Å²) < 4.78 is 0. The Morgan fingerprint density at radius 2 is 1.53 bits per heavy atom. The highest BCUT2D eigenvalue weighted by Crippen LogP contribution is 2.34. The van der Waals surface area contributed by atoms with Gasteiger partial charge in [0.2, 0.25) is 0 Å². The van der Waals surface area contributed by atoms with E-state index in [1.165, 1.54) is 24.3 Å². The van der Waals surface area contributed by atoms with Crippen molar-refractivity contribution in [2.45, 2.75) is 19.3 Å². The van der Waals surface area contributed by atoms with Crippen molar-refractivity contribution in [1.82, 2.24) is 4.90 Å². The number of carbonyl (C=O) groups excluding carboxylic acids is 2. The number of likely N-dealkylation sites (N-methyl/N-ethyl adjacent to an activating group) is 1. The van der Waals surface area contributed by atoms with Crippen molar-refractivity contribution in [3.05, 3.63) is 76.1 Å². The Hall–Kier alpha value is -3.68. The molecule has 8 nitrogen and oxygen atoms in total. The molecule has 2 aromatic carbocycles. The molecule has 0 bridgehead atoms. The van der Waals surface area contributed by atoms with Gasteiger partial charge in [-0.15, -0.1) is 0 Å². The smallest absolute Gasteiger partial charge is 0.284 e. The molecule has 1 fully saturated rings. The minimum absolute atomic E-state index is 0.0938. The summed E-state index contributed by atoms with van der Waals surface area (Å²) in [7, 11) is 1.78. The number of hydrogen-bond donors (Lipinski definition) is 0. The molecule has 2 heterocycles. The van der Waals surface area contributed by atoms with Crippen molar-refractivity contribution < 1.29 is 14.5 Å². The monoisotopic (exact) mass is 406 g/mol. The summed E-state index contributed by atoms with van der Waals surface area (Å²) in [5.74, 6) is -0.825. The maximum absolute atomic E-state index is 13.4. The normalized spacial score (nSPS) is 17.0. The summed E-state index contributed by atoms with van der Waals surface area (Å²) >= 11 is 0. The fraction of sp³-hybridized carbons (Fsp3) is 0.273. The van der Waals surface area contributed by atoms with Gasteiger partial charge in [-0.05, 0) is 43.5 Å². The van der Waals surface area contributed by atoms with Gasteiger partial charge < -0.3 is 9.80 Å². The van der Waals surface area contributed by atoms with Crippen LogP contribution in [0.4, 0.5) is 17.1 Å². The van der Waals surface area contributed by atoms with Gasteiger partial charge in [-0.2, -0.15) is 0 Å². The summed E-state index contributed by atoms with van der Waals surface area (Å²) in [6, 6.07) is 14.9. The molecule has 2 aliphatic rings. The second kappa shape index (κ2) is 7.98. The van der Waals surface area contributed by atoms with Crippen LogP contribution in [0.1, 0.15) is 19.3 Å². The minimum atomic E-state index is -0.510. The van der Waals surface area contributed by atoms with Crippen molar-refractivity contribution in [3.8, 4) is 0 Å². The highest BCUT2D eigenvalue weighted by molar-refractivity contribution is 6.33. The summed E-state index contributed by atoms with van der Waals surface area (Å²) in [5, 5.41) is 11.0. The average Bonchev–Trinajstić information content (AvgIpc) is 3.04. The predicted molar refractivity (Wildman–Crippen MR) is 113 cm³/mol. The zero-order valence-electron chi connectivity index (χ0n) is 16.7. The molecule has 0 aliphatic carbocycles. The maximum Gasteiger partial charge on any atom is 0.284 e. The first-order valence-corrected chi connectivity index (χ1v) is 9.90. The van der Waals surface area contributed by atoms with E-state index >= 15 is 0 Å². The number of amides is 2. The van der Waals surface area contributed by atoms with Gasteiger partial charge >= 0.3 is 0 Å². The van der Waals surface area contributed by atoms with E-state index in [2.05, 4.69) is 0 Å². The molecule has 1 saturated heterocycles. The van der Waals surface area contributed by atoms with Crippen molar-refractivity contribution in [1.29, 1.82) is 0 Å². The molecule has 0 aromatic heterocycles. The number of hydrogen-bond acceptors (Lipinski definition) is 6. The van der Waals surface area contributed by atoms with Crippen LogP contribution in [0.15, 0.2) is 66.0 Å². The van der Waals surface area contributed by atoms with E-state index in [1.807, 2.05) is 35.2 Å². The lowest BCUT2D eigenvalue weighted by atomic mass is 10.1. The Morgan fingerprint density at radius 1 is 0.900 bits per heavy atom. The van der Waals surface area contributed by atoms with E-state index < -0.39 is 16.7 Å². The predicted octanol–water partition coefficient (Wildman–Crippen LogP) is 3.30. The highest BCUT2D eigenvalue weighted by atomic mass is 16.6. The SMILES string of the molecule is CN(C1=C(N2CCCCC2)C(=O)N(c2ccc([N+](=O)[O-])cc2)C1=O)c1ccccc1. The molecule has 0 saturated carbocycles. The van der Waals surface area contributed by atoms with Gasteiger partial charge in [-0.3, -0.25) is 19.7 Å². The Balaban J connectivity index is 1.76. The number of imide groups is 1. The summed E-state index contributed by atoms with van der Waals surface area (Å²) in [6.45, 7) is 1.43. The molecule has 0 unspecified atom stereocenters. The lowest BCUT2D eigenvalue weighted by molar-refractivity contribution is -0.384. The van der Waals surface area contributed by atoms with E-state index in [-0.39, 0.29) is 5.69 Å². The van der Waals surface area contributed by atoms with Gasteiger partial charge in [-0.1, -0.05) is 18.2 Å². The van der Waals surface area contributed by atoms with Crippen LogP contribution >= 0.6 is 0 Å². The number of para-hydroxylation sites is 1. The van der Waals surface area contributed by atoms with Gasteiger partial charge in [0.1, 0.15) is 11.4 Å². The van der Waals surface area contributed by atoms with E-state index in [9.17, 15) is 19.7 Å². The molecule has 8 heteroatoms. The Labute approximate surface area is 174 Å². The first-order chi connectivity index (χ1) is 14.5. The van der Waals surface area contributed by atoms with Crippen LogP contribution in [-0.4, -0.2) is 41.8 Å². The third-order valence-electron chi connectivity index (χ3n) is 5.51. The summed E-state index contributed by atoms with van der Waals surface area (Å²) in [5.41, 5.74) is 1.75. The Bertz CT molecular complexity index is 1010. The summed E-state index contributed by atoms with van der Waals surface area (Å²) in [4.78, 5) is 42.2. The second-order valence-electron chi connectivity index (χ2n) is 7.36. The van der Waals surface area contributed by atoms with Crippen molar-refractivity contribution in [2.75, 3.05) is 29.9 Å². The topological polar surface area (TPSA) is 87.0 Å². The number of piperidine rings is 1.